The van der Waals surface area contributed by atoms with Crippen LogP contribution in [0.1, 0.15) is 39.8 Å². The Morgan fingerprint density at radius 3 is 2.10 bits per heavy atom. The standard InChI is InChI=1S/C27H23F6N3O3S/c1-2-40(38,39)21-10-5-18(6-11-21)15-34-25(37)19-7-12-23-22(14-19)35-24(36(23)16-26(28,29)30)13-17-3-8-20(9-4-17)27(31,32)33/h3-12,14H,2,13,15-16H2,1H3,(H,34,37). The number of carbonyl (C=O) groups is 1. The largest absolute Gasteiger partial charge is 0.416 e. The van der Waals surface area contributed by atoms with Crippen LogP contribution < -0.4 is 5.32 Å². The van der Waals surface area contributed by atoms with Crippen molar-refractivity contribution in [2.45, 2.75) is 43.7 Å². The van der Waals surface area contributed by atoms with Crippen molar-refractivity contribution >= 4 is 26.8 Å². The molecule has 1 N–H and O–H groups in total. The van der Waals surface area contributed by atoms with Crippen molar-refractivity contribution in [1.82, 2.24) is 14.9 Å². The summed E-state index contributed by atoms with van der Waals surface area (Å²) in [5, 5.41) is 2.67. The first-order valence-electron chi connectivity index (χ1n) is 12.0. The van der Waals surface area contributed by atoms with Crippen LogP contribution in [0.3, 0.4) is 0 Å². The highest BCUT2D eigenvalue weighted by Crippen LogP contribution is 2.30. The second kappa shape index (κ2) is 11.0. The van der Waals surface area contributed by atoms with Crippen LogP contribution in [0.4, 0.5) is 26.3 Å². The minimum Gasteiger partial charge on any atom is -0.348 e. The molecule has 4 aromatic rings. The topological polar surface area (TPSA) is 81.1 Å². The lowest BCUT2D eigenvalue weighted by Gasteiger charge is -2.13. The van der Waals surface area contributed by atoms with E-state index < -0.39 is 40.2 Å². The molecule has 0 aliphatic heterocycles. The highest BCUT2D eigenvalue weighted by molar-refractivity contribution is 7.91. The Morgan fingerprint density at radius 1 is 0.900 bits per heavy atom. The molecule has 0 aliphatic rings. The van der Waals surface area contributed by atoms with Crippen LogP contribution in [0.25, 0.3) is 11.0 Å². The van der Waals surface area contributed by atoms with Gasteiger partial charge in [-0.2, -0.15) is 26.3 Å². The molecule has 13 heteroatoms. The number of amides is 1. The highest BCUT2D eigenvalue weighted by Gasteiger charge is 2.31. The van der Waals surface area contributed by atoms with Crippen LogP contribution in [0.5, 0.6) is 0 Å². The van der Waals surface area contributed by atoms with Crippen LogP contribution in [0.15, 0.2) is 71.6 Å². The van der Waals surface area contributed by atoms with E-state index in [1.165, 1.54) is 49.4 Å². The van der Waals surface area contributed by atoms with E-state index in [9.17, 15) is 39.6 Å². The molecule has 0 aliphatic carbocycles. The number of imidazole rings is 1. The van der Waals surface area contributed by atoms with Crippen molar-refractivity contribution in [3.8, 4) is 0 Å². The third kappa shape index (κ3) is 6.82. The molecule has 6 nitrogen and oxygen atoms in total. The van der Waals surface area contributed by atoms with Gasteiger partial charge in [-0.15, -0.1) is 0 Å². The third-order valence-electron chi connectivity index (χ3n) is 6.19. The minimum atomic E-state index is -4.59. The average Bonchev–Trinajstić information content (AvgIpc) is 3.21. The predicted molar refractivity (Wildman–Crippen MR) is 135 cm³/mol. The van der Waals surface area contributed by atoms with Crippen LogP contribution >= 0.6 is 0 Å². The maximum absolute atomic E-state index is 13.4. The molecule has 0 atom stereocenters. The molecule has 0 bridgehead atoms. The van der Waals surface area contributed by atoms with Gasteiger partial charge in [-0.25, -0.2) is 13.4 Å². The van der Waals surface area contributed by atoms with Crippen molar-refractivity contribution < 1.29 is 39.6 Å². The summed E-state index contributed by atoms with van der Waals surface area (Å²) >= 11 is 0. The molecule has 1 aromatic heterocycles. The first kappa shape index (κ1) is 29.1. The van der Waals surface area contributed by atoms with Crippen molar-refractivity contribution in [3.63, 3.8) is 0 Å². The lowest BCUT2D eigenvalue weighted by atomic mass is 10.1. The molecule has 212 valence electrons. The van der Waals surface area contributed by atoms with Crippen molar-refractivity contribution in [1.29, 1.82) is 0 Å². The fourth-order valence-corrected chi connectivity index (χ4v) is 4.96. The maximum Gasteiger partial charge on any atom is 0.416 e. The predicted octanol–water partition coefficient (Wildman–Crippen LogP) is 5.93. The van der Waals surface area contributed by atoms with Gasteiger partial charge in [-0.05, 0) is 53.6 Å². The van der Waals surface area contributed by atoms with Gasteiger partial charge >= 0.3 is 12.4 Å². The average molecular weight is 584 g/mol. The second-order valence-electron chi connectivity index (χ2n) is 9.03. The number of alkyl halides is 6. The van der Waals surface area contributed by atoms with Crippen molar-refractivity contribution in [2.24, 2.45) is 0 Å². The fraction of sp³-hybridized carbons (Fsp3) is 0.259. The number of nitrogens with zero attached hydrogens (tertiary/aromatic N) is 2. The molecule has 0 fully saturated rings. The Bertz CT molecular complexity index is 1630. The molecule has 4 rings (SSSR count). The summed E-state index contributed by atoms with van der Waals surface area (Å²) in [5.74, 6) is -0.593. The van der Waals surface area contributed by atoms with Crippen molar-refractivity contribution in [2.75, 3.05) is 5.75 Å². The van der Waals surface area contributed by atoms with E-state index in [1.807, 2.05) is 0 Å². The molecule has 0 unspecified atom stereocenters. The summed E-state index contributed by atoms with van der Waals surface area (Å²) < 4.78 is 103. The zero-order valence-corrected chi connectivity index (χ0v) is 21.8. The molecule has 0 radical (unpaired) electrons. The van der Waals surface area contributed by atoms with E-state index in [1.54, 1.807) is 12.1 Å². The number of rotatable bonds is 8. The van der Waals surface area contributed by atoms with Gasteiger partial charge < -0.3 is 9.88 Å². The minimum absolute atomic E-state index is 0.0215. The molecule has 1 amide bonds. The summed E-state index contributed by atoms with van der Waals surface area (Å²) in [4.78, 5) is 17.2. The number of hydrogen-bond donors (Lipinski definition) is 1. The summed E-state index contributed by atoms with van der Waals surface area (Å²) in [5.41, 5.74) is 0.463. The van der Waals surface area contributed by atoms with Gasteiger partial charge in [-0.1, -0.05) is 31.2 Å². The Morgan fingerprint density at radius 2 is 1.52 bits per heavy atom. The molecular weight excluding hydrogens is 560 g/mol. The van der Waals surface area contributed by atoms with Gasteiger partial charge in [0, 0.05) is 18.5 Å². The number of hydrogen-bond acceptors (Lipinski definition) is 4. The zero-order chi connectivity index (χ0) is 29.3. The lowest BCUT2D eigenvalue weighted by Crippen LogP contribution is -2.22. The molecule has 0 spiro atoms. The van der Waals surface area contributed by atoms with Gasteiger partial charge in [-0.3, -0.25) is 4.79 Å². The van der Waals surface area contributed by atoms with E-state index in [0.29, 0.717) is 11.1 Å². The quantitative estimate of drug-likeness (QED) is 0.261. The maximum atomic E-state index is 13.4. The first-order valence-corrected chi connectivity index (χ1v) is 13.6. The van der Waals surface area contributed by atoms with Gasteiger partial charge in [0.1, 0.15) is 12.4 Å². The zero-order valence-electron chi connectivity index (χ0n) is 21.0. The van der Waals surface area contributed by atoms with E-state index >= 15 is 0 Å². The number of halogens is 6. The molecule has 3 aromatic carbocycles. The lowest BCUT2D eigenvalue weighted by molar-refractivity contribution is -0.140. The van der Waals surface area contributed by atoms with Gasteiger partial charge in [0.25, 0.3) is 5.91 Å². The number of aromatic nitrogens is 2. The third-order valence-corrected chi connectivity index (χ3v) is 7.94. The Kier molecular flexibility index (Phi) is 7.97. The fourth-order valence-electron chi connectivity index (χ4n) is 4.07. The van der Waals surface area contributed by atoms with Gasteiger partial charge in [0.15, 0.2) is 9.84 Å². The number of nitrogens with one attached hydrogen (secondary N) is 1. The Hall–Kier alpha value is -3.87. The number of sulfone groups is 1. The summed E-state index contributed by atoms with van der Waals surface area (Å²) in [6.45, 7) is 0.240. The van der Waals surface area contributed by atoms with E-state index in [0.717, 1.165) is 16.7 Å². The molecule has 1 heterocycles. The first-order chi connectivity index (χ1) is 18.7. The van der Waals surface area contributed by atoms with Gasteiger partial charge in [0.2, 0.25) is 0 Å². The molecule has 40 heavy (non-hydrogen) atoms. The van der Waals surface area contributed by atoms with Crippen LogP contribution in [-0.4, -0.2) is 35.8 Å². The Labute approximate surface area is 225 Å². The number of fused-ring (bicyclic) bond motifs is 1. The van der Waals surface area contributed by atoms with Crippen LogP contribution in [-0.2, 0) is 35.5 Å². The number of carbonyl (C=O) groups excluding carboxylic acids is 1. The van der Waals surface area contributed by atoms with Crippen molar-refractivity contribution in [3.05, 3.63) is 94.8 Å². The monoisotopic (exact) mass is 583 g/mol. The smallest absolute Gasteiger partial charge is 0.348 e. The van der Waals surface area contributed by atoms with E-state index in [4.69, 9.17) is 0 Å². The van der Waals surface area contributed by atoms with Crippen LogP contribution in [0, 0.1) is 0 Å². The molecular formula is C27H23F6N3O3S. The number of benzene rings is 3. The molecule has 0 saturated heterocycles. The van der Waals surface area contributed by atoms with E-state index in [2.05, 4.69) is 10.3 Å². The summed E-state index contributed by atoms with van der Waals surface area (Å²) in [7, 11) is -3.36. The Balaban J connectivity index is 1.56. The summed E-state index contributed by atoms with van der Waals surface area (Å²) in [6.07, 6.45) is -9.29. The second-order valence-corrected chi connectivity index (χ2v) is 11.3. The highest BCUT2D eigenvalue weighted by atomic mass is 32.2. The van der Waals surface area contributed by atoms with E-state index in [-0.39, 0.29) is 46.0 Å². The summed E-state index contributed by atoms with van der Waals surface area (Å²) in [6, 6.07) is 14.1. The SMILES string of the molecule is CCS(=O)(=O)c1ccc(CNC(=O)c2ccc3c(c2)nc(Cc2ccc(C(F)(F)F)cc2)n3CC(F)(F)F)cc1. The van der Waals surface area contributed by atoms with Crippen LogP contribution in [0.2, 0.25) is 0 Å². The van der Waals surface area contributed by atoms with Gasteiger partial charge in [0.05, 0.1) is 27.2 Å². The molecule has 0 saturated carbocycles. The normalized spacial score (nSPS) is 12.6.